The molecular formula is C29H31FN4O2. The third-order valence-corrected chi connectivity index (χ3v) is 6.17. The summed E-state index contributed by atoms with van der Waals surface area (Å²) in [5.41, 5.74) is 3.76. The highest BCUT2D eigenvalue weighted by Gasteiger charge is 2.25. The highest BCUT2D eigenvalue weighted by Crippen LogP contribution is 2.19. The maximum atomic E-state index is 13.6. The molecule has 0 spiro atoms. The number of rotatable bonds is 9. The van der Waals surface area contributed by atoms with Crippen LogP contribution in [0.3, 0.4) is 0 Å². The van der Waals surface area contributed by atoms with Crippen molar-refractivity contribution in [2.24, 2.45) is 0 Å². The van der Waals surface area contributed by atoms with Crippen molar-refractivity contribution in [3.63, 3.8) is 0 Å². The fourth-order valence-corrected chi connectivity index (χ4v) is 4.21. The Balaban J connectivity index is 1.49. The lowest BCUT2D eigenvalue weighted by Crippen LogP contribution is -2.46. The molecule has 0 aliphatic carbocycles. The number of nitrogens with one attached hydrogen (secondary N) is 2. The van der Waals surface area contributed by atoms with E-state index in [1.165, 1.54) is 12.3 Å². The number of halogens is 1. The molecule has 186 valence electrons. The number of carbonyl (C=O) groups excluding carboxylic acids is 1. The Bertz CT molecular complexity index is 1210. The molecule has 4 rings (SSSR count). The molecule has 3 aromatic carbocycles. The van der Waals surface area contributed by atoms with Crippen LogP contribution in [0, 0.1) is 18.2 Å². The van der Waals surface area contributed by atoms with Crippen molar-refractivity contribution < 1.29 is 13.9 Å². The van der Waals surface area contributed by atoms with Crippen LogP contribution in [0.4, 0.5) is 10.1 Å². The van der Waals surface area contributed by atoms with Gasteiger partial charge in [-0.25, -0.2) is 4.39 Å². The van der Waals surface area contributed by atoms with Gasteiger partial charge in [0.2, 0.25) is 5.76 Å². The van der Waals surface area contributed by atoms with Crippen LogP contribution in [0.2, 0.25) is 0 Å². The molecule has 0 atom stereocenters. The molecule has 36 heavy (non-hydrogen) atoms. The van der Waals surface area contributed by atoms with E-state index >= 15 is 0 Å². The number of aryl methyl sites for hydroxylation is 1. The molecule has 0 aromatic heterocycles. The Morgan fingerprint density at radius 1 is 0.972 bits per heavy atom. The molecule has 0 unspecified atom stereocenters. The summed E-state index contributed by atoms with van der Waals surface area (Å²) in [4.78, 5) is 17.6. The van der Waals surface area contributed by atoms with Gasteiger partial charge in [0, 0.05) is 44.6 Å². The van der Waals surface area contributed by atoms with Crippen LogP contribution >= 0.6 is 0 Å². The van der Waals surface area contributed by atoms with Crippen LogP contribution in [0.25, 0.3) is 0 Å². The van der Waals surface area contributed by atoms with Gasteiger partial charge in [0.15, 0.2) is 0 Å². The first-order valence-electron chi connectivity index (χ1n) is 12.0. The van der Waals surface area contributed by atoms with Crippen molar-refractivity contribution in [3.05, 3.63) is 113 Å². The van der Waals surface area contributed by atoms with E-state index in [0.29, 0.717) is 30.0 Å². The summed E-state index contributed by atoms with van der Waals surface area (Å²) in [6.07, 6.45) is 1.20. The molecule has 0 radical (unpaired) electrons. The molecule has 0 saturated carbocycles. The molecule has 6 nitrogen and oxygen atoms in total. The van der Waals surface area contributed by atoms with E-state index in [-0.39, 0.29) is 24.1 Å². The number of hydrogen-bond donors (Lipinski definition) is 2. The number of nitrogens with zero attached hydrogens (tertiary/aromatic N) is 2. The zero-order valence-corrected chi connectivity index (χ0v) is 20.4. The lowest BCUT2D eigenvalue weighted by atomic mass is 10.1. The predicted molar refractivity (Wildman–Crippen MR) is 140 cm³/mol. The average molecular weight is 487 g/mol. The number of amides is 1. The Hall–Kier alpha value is -3.97. The summed E-state index contributed by atoms with van der Waals surface area (Å²) in [6.45, 7) is 5.50. The van der Waals surface area contributed by atoms with E-state index in [1.807, 2.05) is 77.7 Å². The maximum absolute atomic E-state index is 13.6. The molecule has 1 aliphatic rings. The van der Waals surface area contributed by atoms with E-state index in [9.17, 15) is 9.18 Å². The molecule has 1 amide bonds. The molecule has 0 bridgehead atoms. The third kappa shape index (κ3) is 6.58. The van der Waals surface area contributed by atoms with Crippen molar-refractivity contribution in [3.8, 4) is 0 Å². The quantitative estimate of drug-likeness (QED) is 0.255. The van der Waals surface area contributed by atoms with Crippen LogP contribution in [0.15, 0.2) is 90.3 Å². The lowest BCUT2D eigenvalue weighted by Gasteiger charge is -2.36. The number of piperazine rings is 1. The SMILES string of the molecule is Cc1cc(CN2CCN(/C(C=N)=C(\OCc3ccccc3)C(=O)Nc3ccccc3)CC2)ccc1F. The first-order chi connectivity index (χ1) is 17.5. The summed E-state index contributed by atoms with van der Waals surface area (Å²) in [7, 11) is 0. The number of ether oxygens (including phenoxy) is 1. The van der Waals surface area contributed by atoms with Crippen LogP contribution in [-0.4, -0.2) is 48.1 Å². The monoisotopic (exact) mass is 486 g/mol. The number of allylic oxidation sites excluding steroid dienone is 1. The summed E-state index contributed by atoms with van der Waals surface area (Å²) >= 11 is 0. The maximum Gasteiger partial charge on any atom is 0.293 e. The zero-order valence-electron chi connectivity index (χ0n) is 20.4. The number of hydrogen-bond acceptors (Lipinski definition) is 5. The van der Waals surface area contributed by atoms with Gasteiger partial charge in [0.25, 0.3) is 5.91 Å². The lowest BCUT2D eigenvalue weighted by molar-refractivity contribution is -0.116. The first kappa shape index (κ1) is 25.1. The molecule has 3 aromatic rings. The van der Waals surface area contributed by atoms with E-state index in [0.717, 1.165) is 30.8 Å². The highest BCUT2D eigenvalue weighted by atomic mass is 19.1. The van der Waals surface area contributed by atoms with Crippen LogP contribution < -0.4 is 5.32 Å². The topological polar surface area (TPSA) is 68.7 Å². The number of benzene rings is 3. The molecule has 1 saturated heterocycles. The second-order valence-electron chi connectivity index (χ2n) is 8.80. The molecule has 1 heterocycles. The number of carbonyl (C=O) groups is 1. The van der Waals surface area contributed by atoms with Gasteiger partial charge in [0.05, 0.1) is 0 Å². The molecule has 1 aliphatic heterocycles. The van der Waals surface area contributed by atoms with Gasteiger partial charge in [-0.2, -0.15) is 0 Å². The average Bonchev–Trinajstić information content (AvgIpc) is 2.90. The predicted octanol–water partition coefficient (Wildman–Crippen LogP) is 4.97. The second-order valence-corrected chi connectivity index (χ2v) is 8.80. The van der Waals surface area contributed by atoms with Crippen molar-refractivity contribution in [2.75, 3.05) is 31.5 Å². The molecule has 1 fully saturated rings. The van der Waals surface area contributed by atoms with Gasteiger partial charge >= 0.3 is 0 Å². The number of anilines is 1. The van der Waals surface area contributed by atoms with Gasteiger partial charge in [-0.05, 0) is 41.8 Å². The van der Waals surface area contributed by atoms with Crippen molar-refractivity contribution >= 4 is 17.8 Å². The normalized spacial score (nSPS) is 14.7. The third-order valence-electron chi connectivity index (χ3n) is 6.17. The number of para-hydroxylation sites is 1. The van der Waals surface area contributed by atoms with Gasteiger partial charge in [0.1, 0.15) is 18.1 Å². The first-order valence-corrected chi connectivity index (χ1v) is 12.0. The minimum atomic E-state index is -0.389. The minimum Gasteiger partial charge on any atom is -0.481 e. The summed E-state index contributed by atoms with van der Waals surface area (Å²) < 4.78 is 19.7. The van der Waals surface area contributed by atoms with Crippen LogP contribution in [0.1, 0.15) is 16.7 Å². The van der Waals surface area contributed by atoms with Crippen LogP contribution in [0.5, 0.6) is 0 Å². The van der Waals surface area contributed by atoms with E-state index in [1.54, 1.807) is 6.92 Å². The standard InChI is InChI=1S/C29H31FN4O2/c1-22-18-24(12-13-26(22)30)20-33-14-16-34(17-15-33)27(19-31)28(36-21-23-8-4-2-5-9-23)29(35)32-25-10-6-3-7-11-25/h2-13,18-19,31H,14-17,20-21H2,1H3,(H,32,35)/b28-27-,31-19?. The minimum absolute atomic E-state index is 0.125. The second kappa shape index (κ2) is 12.1. The zero-order chi connectivity index (χ0) is 25.3. The van der Waals surface area contributed by atoms with Gasteiger partial charge < -0.3 is 20.4 Å². The van der Waals surface area contributed by atoms with E-state index in [4.69, 9.17) is 10.1 Å². The van der Waals surface area contributed by atoms with Gasteiger partial charge in [-0.1, -0.05) is 60.7 Å². The fraction of sp³-hybridized carbons (Fsp3) is 0.241. The summed E-state index contributed by atoms with van der Waals surface area (Å²) in [5, 5.41) is 11.0. The van der Waals surface area contributed by atoms with E-state index < -0.39 is 0 Å². The Labute approximate surface area is 211 Å². The summed E-state index contributed by atoms with van der Waals surface area (Å²) in [6, 6.07) is 24.1. The fourth-order valence-electron chi connectivity index (χ4n) is 4.21. The Morgan fingerprint density at radius 3 is 2.28 bits per heavy atom. The molecule has 2 N–H and O–H groups in total. The van der Waals surface area contributed by atoms with E-state index in [2.05, 4.69) is 10.2 Å². The smallest absolute Gasteiger partial charge is 0.293 e. The molecular weight excluding hydrogens is 455 g/mol. The Morgan fingerprint density at radius 2 is 1.64 bits per heavy atom. The van der Waals surface area contributed by atoms with Crippen molar-refractivity contribution in [2.45, 2.75) is 20.1 Å². The van der Waals surface area contributed by atoms with Gasteiger partial charge in [-0.3, -0.25) is 9.69 Å². The van der Waals surface area contributed by atoms with Crippen molar-refractivity contribution in [1.29, 1.82) is 5.41 Å². The summed E-state index contributed by atoms with van der Waals surface area (Å²) in [5.74, 6) is -0.457. The largest absolute Gasteiger partial charge is 0.481 e. The Kier molecular flexibility index (Phi) is 8.47. The highest BCUT2D eigenvalue weighted by molar-refractivity contribution is 6.05. The van der Waals surface area contributed by atoms with Crippen molar-refractivity contribution in [1.82, 2.24) is 9.80 Å². The molecule has 7 heteroatoms. The van der Waals surface area contributed by atoms with Gasteiger partial charge in [-0.15, -0.1) is 0 Å². The van der Waals surface area contributed by atoms with Crippen LogP contribution in [-0.2, 0) is 22.7 Å².